The van der Waals surface area contributed by atoms with Gasteiger partial charge < -0.3 is 15.8 Å². The zero-order valence-corrected chi connectivity index (χ0v) is 13.2. The van der Waals surface area contributed by atoms with E-state index >= 15 is 0 Å². The fourth-order valence-electron chi connectivity index (χ4n) is 2.81. The molecule has 116 valence electrons. The summed E-state index contributed by atoms with van der Waals surface area (Å²) in [6.07, 6.45) is 3.04. The number of benzene rings is 1. The molecule has 1 aliphatic rings. The second-order valence-electron chi connectivity index (χ2n) is 6.05. The van der Waals surface area contributed by atoms with Crippen LogP contribution in [0.5, 0.6) is 5.75 Å². The van der Waals surface area contributed by atoms with E-state index in [2.05, 4.69) is 12.2 Å². The normalized spacial score (nSPS) is 17.3. The van der Waals surface area contributed by atoms with Gasteiger partial charge in [0.05, 0.1) is 0 Å². The van der Waals surface area contributed by atoms with Crippen LogP contribution in [0.15, 0.2) is 18.2 Å². The van der Waals surface area contributed by atoms with Crippen LogP contribution in [0, 0.1) is 19.8 Å². The second-order valence-corrected chi connectivity index (χ2v) is 6.05. The van der Waals surface area contributed by atoms with Crippen molar-refractivity contribution in [3.05, 3.63) is 29.3 Å². The van der Waals surface area contributed by atoms with Gasteiger partial charge in [0.2, 0.25) is 5.91 Å². The van der Waals surface area contributed by atoms with Crippen molar-refractivity contribution in [2.45, 2.75) is 45.6 Å². The van der Waals surface area contributed by atoms with Crippen LogP contribution < -0.4 is 15.8 Å². The largest absolute Gasteiger partial charge is 0.491 e. The van der Waals surface area contributed by atoms with Crippen molar-refractivity contribution < 1.29 is 9.53 Å². The molecule has 1 atom stereocenters. The Morgan fingerprint density at radius 3 is 2.48 bits per heavy atom. The number of nitrogens with two attached hydrogens (primary N) is 1. The molecule has 21 heavy (non-hydrogen) atoms. The van der Waals surface area contributed by atoms with E-state index in [0.717, 1.165) is 42.7 Å². The summed E-state index contributed by atoms with van der Waals surface area (Å²) < 4.78 is 6.03. The number of primary amides is 1. The summed E-state index contributed by atoms with van der Waals surface area (Å²) in [6.45, 7) is 7.20. The third kappa shape index (κ3) is 3.38. The van der Waals surface area contributed by atoms with Crippen LogP contribution in [0.4, 0.5) is 0 Å². The molecule has 4 heteroatoms. The Hall–Kier alpha value is -1.55. The van der Waals surface area contributed by atoms with Crippen molar-refractivity contribution in [2.24, 2.45) is 11.7 Å². The van der Waals surface area contributed by atoms with Gasteiger partial charge in [0.1, 0.15) is 17.9 Å². The van der Waals surface area contributed by atoms with E-state index in [-0.39, 0.29) is 5.91 Å². The monoisotopic (exact) mass is 290 g/mol. The summed E-state index contributed by atoms with van der Waals surface area (Å²) in [5.41, 5.74) is 7.15. The van der Waals surface area contributed by atoms with Crippen LogP contribution in [-0.2, 0) is 4.79 Å². The molecule has 0 spiro atoms. The second kappa shape index (κ2) is 6.48. The van der Waals surface area contributed by atoms with Crippen molar-refractivity contribution in [3.63, 3.8) is 0 Å². The van der Waals surface area contributed by atoms with Gasteiger partial charge in [0.25, 0.3) is 0 Å². The first kappa shape index (κ1) is 15.8. The maximum Gasteiger partial charge on any atom is 0.241 e. The molecule has 0 heterocycles. The first-order chi connectivity index (χ1) is 10.0. The molecule has 1 aliphatic carbocycles. The number of carbonyl (C=O) groups excluding carboxylic acids is 1. The molecule has 1 aromatic rings. The molecule has 3 N–H and O–H groups in total. The third-order valence-corrected chi connectivity index (χ3v) is 4.26. The fourth-order valence-corrected chi connectivity index (χ4v) is 2.81. The van der Waals surface area contributed by atoms with Gasteiger partial charge in [-0.3, -0.25) is 4.79 Å². The lowest BCUT2D eigenvalue weighted by Gasteiger charge is -2.32. The molecule has 0 aromatic heterocycles. The number of amides is 1. The molecule has 4 nitrogen and oxygen atoms in total. The number of nitrogens with one attached hydrogen (secondary N) is 1. The average molecular weight is 290 g/mol. The Bertz CT molecular complexity index is 491. The zero-order valence-electron chi connectivity index (χ0n) is 13.2. The lowest BCUT2D eigenvalue weighted by molar-refractivity contribution is -0.126. The van der Waals surface area contributed by atoms with Gasteiger partial charge in [-0.25, -0.2) is 0 Å². The highest BCUT2D eigenvalue weighted by Gasteiger charge is 2.50. The standard InChI is InChI=1S/C17H26N2O2/c1-4-10-19-17(16(18)20,14-8-9-14)11-21-15-12(2)6-5-7-13(15)3/h5-7,14,19H,4,8-11H2,1-3H3,(H2,18,20). The minimum Gasteiger partial charge on any atom is -0.491 e. The van der Waals surface area contributed by atoms with Crippen LogP contribution in [0.25, 0.3) is 0 Å². The summed E-state index contributed by atoms with van der Waals surface area (Å²) in [5, 5.41) is 3.35. The molecule has 0 aliphatic heterocycles. The maximum atomic E-state index is 12.1. The lowest BCUT2D eigenvalue weighted by atomic mass is 9.93. The summed E-state index contributed by atoms with van der Waals surface area (Å²) in [5.74, 6) is 0.859. The topological polar surface area (TPSA) is 64.3 Å². The number of rotatable bonds is 8. The van der Waals surface area contributed by atoms with Crippen LogP contribution in [0.1, 0.15) is 37.3 Å². The Balaban J connectivity index is 2.17. The quantitative estimate of drug-likeness (QED) is 0.772. The minimum atomic E-state index is -0.731. The van der Waals surface area contributed by atoms with Gasteiger partial charge in [-0.1, -0.05) is 25.1 Å². The van der Waals surface area contributed by atoms with Crippen molar-refractivity contribution in [1.82, 2.24) is 5.32 Å². The average Bonchev–Trinajstić information content (AvgIpc) is 3.26. The van der Waals surface area contributed by atoms with E-state index < -0.39 is 5.54 Å². The van der Waals surface area contributed by atoms with Crippen molar-refractivity contribution >= 4 is 5.91 Å². The highest BCUT2D eigenvalue weighted by Crippen LogP contribution is 2.40. The van der Waals surface area contributed by atoms with Crippen molar-refractivity contribution in [1.29, 1.82) is 0 Å². The van der Waals surface area contributed by atoms with Crippen molar-refractivity contribution in [3.8, 4) is 5.75 Å². The number of hydrogen-bond acceptors (Lipinski definition) is 3. The van der Waals surface area contributed by atoms with E-state index in [0.29, 0.717) is 12.5 Å². The first-order valence-corrected chi connectivity index (χ1v) is 7.75. The minimum absolute atomic E-state index is 0.297. The smallest absolute Gasteiger partial charge is 0.241 e. The molecular formula is C17H26N2O2. The Morgan fingerprint density at radius 2 is 2.00 bits per heavy atom. The van der Waals surface area contributed by atoms with Gasteiger partial charge in [-0.15, -0.1) is 0 Å². The van der Waals surface area contributed by atoms with E-state index in [1.165, 1.54) is 0 Å². The predicted molar refractivity (Wildman–Crippen MR) is 84.4 cm³/mol. The summed E-state index contributed by atoms with van der Waals surface area (Å²) in [4.78, 5) is 12.1. The van der Waals surface area contributed by atoms with Crippen LogP contribution in [0.2, 0.25) is 0 Å². The molecule has 1 aromatic carbocycles. The van der Waals surface area contributed by atoms with Gasteiger partial charge in [0.15, 0.2) is 0 Å². The predicted octanol–water partition coefficient (Wildman–Crippen LogP) is 2.32. The molecular weight excluding hydrogens is 264 g/mol. The Labute approximate surface area is 127 Å². The number of carbonyl (C=O) groups is 1. The van der Waals surface area contributed by atoms with Gasteiger partial charge in [0, 0.05) is 0 Å². The van der Waals surface area contributed by atoms with Gasteiger partial charge in [-0.2, -0.15) is 0 Å². The molecule has 0 saturated heterocycles. The Morgan fingerprint density at radius 1 is 1.38 bits per heavy atom. The molecule has 1 amide bonds. The van der Waals surface area contributed by atoms with E-state index in [1.54, 1.807) is 0 Å². The Kier molecular flexibility index (Phi) is 4.88. The van der Waals surface area contributed by atoms with Crippen molar-refractivity contribution in [2.75, 3.05) is 13.2 Å². The summed E-state index contributed by atoms with van der Waals surface area (Å²) >= 11 is 0. The number of ether oxygens (including phenoxy) is 1. The first-order valence-electron chi connectivity index (χ1n) is 7.75. The van der Waals surface area contributed by atoms with Crippen LogP contribution in [-0.4, -0.2) is 24.6 Å². The third-order valence-electron chi connectivity index (χ3n) is 4.26. The van der Waals surface area contributed by atoms with E-state index in [1.807, 2.05) is 32.0 Å². The zero-order chi connectivity index (χ0) is 15.5. The van der Waals surface area contributed by atoms with Crippen LogP contribution in [0.3, 0.4) is 0 Å². The van der Waals surface area contributed by atoms with E-state index in [9.17, 15) is 4.79 Å². The SMILES string of the molecule is CCCNC(COc1c(C)cccc1C)(C(N)=O)C1CC1. The number of hydrogen-bond donors (Lipinski definition) is 2. The van der Waals surface area contributed by atoms with Crippen LogP contribution >= 0.6 is 0 Å². The summed E-state index contributed by atoms with van der Waals surface area (Å²) in [7, 11) is 0. The lowest BCUT2D eigenvalue weighted by Crippen LogP contribution is -2.61. The molecule has 2 rings (SSSR count). The highest BCUT2D eigenvalue weighted by molar-refractivity contribution is 5.85. The molecule has 0 radical (unpaired) electrons. The van der Waals surface area contributed by atoms with E-state index in [4.69, 9.17) is 10.5 Å². The molecule has 1 fully saturated rings. The van der Waals surface area contributed by atoms with Gasteiger partial charge >= 0.3 is 0 Å². The van der Waals surface area contributed by atoms with Gasteiger partial charge in [-0.05, 0) is 56.7 Å². The molecule has 0 bridgehead atoms. The highest BCUT2D eigenvalue weighted by atomic mass is 16.5. The number of aryl methyl sites for hydroxylation is 2. The maximum absolute atomic E-state index is 12.1. The molecule has 1 unspecified atom stereocenters. The molecule has 1 saturated carbocycles. The summed E-state index contributed by atoms with van der Waals surface area (Å²) in [6, 6.07) is 6.05. The number of para-hydroxylation sites is 1. The fraction of sp³-hybridized carbons (Fsp3) is 0.588.